The van der Waals surface area contributed by atoms with Gasteiger partial charge in [0.2, 0.25) is 0 Å². The van der Waals surface area contributed by atoms with Crippen molar-refractivity contribution in [3.8, 4) is 0 Å². The number of Topliss-reactive ketones (excluding diaryl/α,β-unsaturated/α-hetero) is 1. The minimum Gasteiger partial charge on any atom is -0.399 e. The van der Waals surface area contributed by atoms with Gasteiger partial charge < -0.3 is 10.6 Å². The summed E-state index contributed by atoms with van der Waals surface area (Å²) in [5.41, 5.74) is 7.07. The number of hydrogen-bond donors (Lipinski definition) is 1. The van der Waals surface area contributed by atoms with Crippen LogP contribution in [0, 0.1) is 0 Å². The SMILES string of the molecule is CN1CCC(N(C)CC(=O)c2cccc(N)c2)CC1. The van der Waals surface area contributed by atoms with Gasteiger partial charge in [-0.3, -0.25) is 9.69 Å². The zero-order valence-electron chi connectivity index (χ0n) is 11.8. The van der Waals surface area contributed by atoms with E-state index in [-0.39, 0.29) is 5.78 Å². The van der Waals surface area contributed by atoms with Gasteiger partial charge in [0, 0.05) is 17.3 Å². The van der Waals surface area contributed by atoms with Crippen molar-refractivity contribution in [3.05, 3.63) is 29.8 Å². The molecule has 1 fully saturated rings. The number of carbonyl (C=O) groups excluding carboxylic acids is 1. The summed E-state index contributed by atoms with van der Waals surface area (Å²) in [5, 5.41) is 0. The van der Waals surface area contributed by atoms with E-state index in [9.17, 15) is 4.79 Å². The number of nitrogens with two attached hydrogens (primary N) is 1. The third-order valence-electron chi connectivity index (χ3n) is 3.91. The molecular formula is C15H23N3O. The highest BCUT2D eigenvalue weighted by Crippen LogP contribution is 2.15. The highest BCUT2D eigenvalue weighted by Gasteiger charge is 2.22. The quantitative estimate of drug-likeness (QED) is 0.659. The summed E-state index contributed by atoms with van der Waals surface area (Å²) in [6, 6.07) is 7.74. The zero-order valence-corrected chi connectivity index (χ0v) is 11.8. The second kappa shape index (κ2) is 6.17. The van der Waals surface area contributed by atoms with Crippen LogP contribution in [-0.2, 0) is 0 Å². The summed E-state index contributed by atoms with van der Waals surface area (Å²) >= 11 is 0. The monoisotopic (exact) mass is 261 g/mol. The lowest BCUT2D eigenvalue weighted by atomic mass is 10.0. The van der Waals surface area contributed by atoms with E-state index >= 15 is 0 Å². The molecule has 2 N–H and O–H groups in total. The Morgan fingerprint density at radius 3 is 2.74 bits per heavy atom. The predicted octanol–water partition coefficient (Wildman–Crippen LogP) is 1.48. The molecule has 1 aromatic carbocycles. The lowest BCUT2D eigenvalue weighted by Gasteiger charge is -2.34. The van der Waals surface area contributed by atoms with Crippen molar-refractivity contribution in [2.45, 2.75) is 18.9 Å². The van der Waals surface area contributed by atoms with Crippen molar-refractivity contribution < 1.29 is 4.79 Å². The molecule has 1 aliphatic heterocycles. The number of nitrogens with zero attached hydrogens (tertiary/aromatic N) is 2. The molecule has 1 aliphatic rings. The molecule has 0 saturated carbocycles. The number of carbonyl (C=O) groups is 1. The summed E-state index contributed by atoms with van der Waals surface area (Å²) in [6.07, 6.45) is 2.27. The van der Waals surface area contributed by atoms with Gasteiger partial charge in [-0.15, -0.1) is 0 Å². The van der Waals surface area contributed by atoms with Crippen molar-refractivity contribution in [3.63, 3.8) is 0 Å². The highest BCUT2D eigenvalue weighted by molar-refractivity contribution is 5.98. The van der Waals surface area contributed by atoms with Crippen molar-refractivity contribution in [1.29, 1.82) is 0 Å². The molecular weight excluding hydrogens is 238 g/mol. The molecule has 4 nitrogen and oxygen atoms in total. The first-order valence-corrected chi connectivity index (χ1v) is 6.84. The topological polar surface area (TPSA) is 49.6 Å². The van der Waals surface area contributed by atoms with Crippen molar-refractivity contribution in [2.75, 3.05) is 39.5 Å². The molecule has 1 aromatic rings. The Kier molecular flexibility index (Phi) is 4.56. The fraction of sp³-hybridized carbons (Fsp3) is 0.533. The normalized spacial score (nSPS) is 17.8. The van der Waals surface area contributed by atoms with Crippen LogP contribution in [0.2, 0.25) is 0 Å². The van der Waals surface area contributed by atoms with Crippen LogP contribution in [0.5, 0.6) is 0 Å². The first kappa shape index (κ1) is 14.0. The van der Waals surface area contributed by atoms with Crippen molar-refractivity contribution >= 4 is 11.5 Å². The standard InChI is InChI=1S/C15H23N3O/c1-17-8-6-14(7-9-17)18(2)11-15(19)12-4-3-5-13(16)10-12/h3-5,10,14H,6-9,11,16H2,1-2H3. The van der Waals surface area contributed by atoms with Crippen LogP contribution >= 0.6 is 0 Å². The van der Waals surface area contributed by atoms with E-state index in [1.165, 1.54) is 0 Å². The zero-order chi connectivity index (χ0) is 13.8. The third-order valence-corrected chi connectivity index (χ3v) is 3.91. The number of rotatable bonds is 4. The lowest BCUT2D eigenvalue weighted by molar-refractivity contribution is 0.0871. The number of ketones is 1. The molecule has 4 heteroatoms. The maximum Gasteiger partial charge on any atom is 0.176 e. The number of nitrogen functional groups attached to an aromatic ring is 1. The fourth-order valence-corrected chi connectivity index (χ4v) is 2.59. The summed E-state index contributed by atoms with van der Waals surface area (Å²) in [6.45, 7) is 2.70. The first-order valence-electron chi connectivity index (χ1n) is 6.84. The first-order chi connectivity index (χ1) is 9.06. The van der Waals surface area contributed by atoms with Crippen molar-refractivity contribution in [1.82, 2.24) is 9.80 Å². The van der Waals surface area contributed by atoms with Gasteiger partial charge in [-0.1, -0.05) is 12.1 Å². The van der Waals surface area contributed by atoms with Crippen LogP contribution in [-0.4, -0.2) is 55.4 Å². The van der Waals surface area contributed by atoms with Crippen LogP contribution < -0.4 is 5.73 Å². The summed E-state index contributed by atoms with van der Waals surface area (Å²) < 4.78 is 0. The average Bonchev–Trinajstić information content (AvgIpc) is 2.39. The number of hydrogen-bond acceptors (Lipinski definition) is 4. The Balaban J connectivity index is 1.91. The molecule has 0 spiro atoms. The molecule has 0 amide bonds. The average molecular weight is 261 g/mol. The van der Waals surface area contributed by atoms with Crippen LogP contribution in [0.4, 0.5) is 5.69 Å². The molecule has 104 valence electrons. The summed E-state index contributed by atoms with van der Waals surface area (Å²) in [7, 11) is 4.19. The van der Waals surface area contributed by atoms with Crippen molar-refractivity contribution in [2.24, 2.45) is 0 Å². The van der Waals surface area contributed by atoms with E-state index in [1.807, 2.05) is 19.2 Å². The maximum absolute atomic E-state index is 12.2. The minimum atomic E-state index is 0.147. The largest absolute Gasteiger partial charge is 0.399 e. The number of piperidine rings is 1. The summed E-state index contributed by atoms with van der Waals surface area (Å²) in [5.74, 6) is 0.147. The van der Waals surface area contributed by atoms with Gasteiger partial charge in [-0.2, -0.15) is 0 Å². The molecule has 2 rings (SSSR count). The van der Waals surface area contributed by atoms with Gasteiger partial charge in [0.1, 0.15) is 0 Å². The Morgan fingerprint density at radius 1 is 1.42 bits per heavy atom. The van der Waals surface area contributed by atoms with E-state index in [0.29, 0.717) is 23.8 Å². The second-order valence-corrected chi connectivity index (χ2v) is 5.50. The fourth-order valence-electron chi connectivity index (χ4n) is 2.59. The molecule has 1 saturated heterocycles. The molecule has 0 unspecified atom stereocenters. The lowest BCUT2D eigenvalue weighted by Crippen LogP contribution is -2.43. The maximum atomic E-state index is 12.2. The molecule has 0 aromatic heterocycles. The molecule has 0 atom stereocenters. The Hall–Kier alpha value is -1.39. The molecule has 0 bridgehead atoms. The summed E-state index contributed by atoms with van der Waals surface area (Å²) in [4.78, 5) is 16.7. The number of likely N-dealkylation sites (N-methyl/N-ethyl adjacent to an activating group) is 1. The Morgan fingerprint density at radius 2 is 2.11 bits per heavy atom. The van der Waals surface area contributed by atoms with Crippen LogP contribution in [0.15, 0.2) is 24.3 Å². The number of anilines is 1. The second-order valence-electron chi connectivity index (χ2n) is 5.50. The molecule has 0 radical (unpaired) electrons. The minimum absolute atomic E-state index is 0.147. The molecule has 1 heterocycles. The Bertz CT molecular complexity index is 439. The van der Waals surface area contributed by atoms with E-state index in [2.05, 4.69) is 16.8 Å². The van der Waals surface area contributed by atoms with Gasteiger partial charge >= 0.3 is 0 Å². The van der Waals surface area contributed by atoms with E-state index < -0.39 is 0 Å². The predicted molar refractivity (Wildman–Crippen MR) is 78.3 cm³/mol. The van der Waals surface area contributed by atoms with Crippen LogP contribution in [0.3, 0.4) is 0 Å². The van der Waals surface area contributed by atoms with Gasteiger partial charge in [0.05, 0.1) is 6.54 Å². The van der Waals surface area contributed by atoms with Crippen LogP contribution in [0.1, 0.15) is 23.2 Å². The van der Waals surface area contributed by atoms with Gasteiger partial charge in [0.15, 0.2) is 5.78 Å². The van der Waals surface area contributed by atoms with E-state index in [0.717, 1.165) is 25.9 Å². The van der Waals surface area contributed by atoms with E-state index in [4.69, 9.17) is 5.73 Å². The smallest absolute Gasteiger partial charge is 0.176 e. The van der Waals surface area contributed by atoms with E-state index in [1.54, 1.807) is 12.1 Å². The molecule has 0 aliphatic carbocycles. The number of likely N-dealkylation sites (tertiary alicyclic amines) is 1. The highest BCUT2D eigenvalue weighted by atomic mass is 16.1. The van der Waals surface area contributed by atoms with Gasteiger partial charge in [0.25, 0.3) is 0 Å². The van der Waals surface area contributed by atoms with Gasteiger partial charge in [-0.05, 0) is 52.2 Å². The molecule has 19 heavy (non-hydrogen) atoms. The number of benzene rings is 1. The van der Waals surface area contributed by atoms with Gasteiger partial charge in [-0.25, -0.2) is 0 Å². The Labute approximate surface area is 115 Å². The third kappa shape index (κ3) is 3.78. The van der Waals surface area contributed by atoms with Crippen LogP contribution in [0.25, 0.3) is 0 Å².